The van der Waals surface area contributed by atoms with Gasteiger partial charge in [-0.2, -0.15) is 0 Å². The van der Waals surface area contributed by atoms with Gasteiger partial charge in [-0.05, 0) is 44.5 Å². The van der Waals surface area contributed by atoms with Crippen LogP contribution < -0.4 is 0 Å². The van der Waals surface area contributed by atoms with Crippen LogP contribution in [0.5, 0.6) is 0 Å². The van der Waals surface area contributed by atoms with Gasteiger partial charge in [0, 0.05) is 4.90 Å². The number of thioether (sulfide) groups is 1. The number of hydrogen-bond acceptors (Lipinski definition) is 3. The summed E-state index contributed by atoms with van der Waals surface area (Å²) in [5.74, 6) is -0.557. The Kier molecular flexibility index (Phi) is 3.97. The molecule has 0 aromatic heterocycles. The Hall–Kier alpha value is -1.03. The molecule has 0 unspecified atom stereocenters. The normalized spacial score (nSPS) is 11.3. The zero-order valence-corrected chi connectivity index (χ0v) is 10.7. The molecule has 0 spiro atoms. The molecule has 0 aliphatic rings. The van der Waals surface area contributed by atoms with Crippen LogP contribution in [0.25, 0.3) is 0 Å². The first-order valence-corrected chi connectivity index (χ1v) is 5.72. The molecule has 0 saturated heterocycles. The lowest BCUT2D eigenvalue weighted by Crippen LogP contribution is -2.28. The Morgan fingerprint density at radius 3 is 2.56 bits per heavy atom. The summed E-state index contributed by atoms with van der Waals surface area (Å²) in [6.07, 6.45) is 0. The van der Waals surface area contributed by atoms with Crippen molar-refractivity contribution >= 4 is 17.7 Å². The molecule has 2 nitrogen and oxygen atoms in total. The van der Waals surface area contributed by atoms with Crippen LogP contribution in [0.3, 0.4) is 0 Å². The van der Waals surface area contributed by atoms with Gasteiger partial charge in [0.1, 0.15) is 10.6 Å². The van der Waals surface area contributed by atoms with Crippen LogP contribution in [-0.4, -0.2) is 17.8 Å². The summed E-state index contributed by atoms with van der Waals surface area (Å²) in [7, 11) is 1.36. The Morgan fingerprint density at radius 1 is 1.44 bits per heavy atom. The monoisotopic (exact) mass is 242 g/mol. The van der Waals surface area contributed by atoms with E-state index in [9.17, 15) is 9.18 Å². The lowest BCUT2D eigenvalue weighted by Gasteiger charge is -2.21. The predicted molar refractivity (Wildman–Crippen MR) is 63.1 cm³/mol. The molecule has 0 aliphatic carbocycles. The van der Waals surface area contributed by atoms with E-state index in [0.29, 0.717) is 0 Å². The maximum absolute atomic E-state index is 12.9. The van der Waals surface area contributed by atoms with Crippen LogP contribution in [0, 0.1) is 12.7 Å². The summed E-state index contributed by atoms with van der Waals surface area (Å²) >= 11 is 1.37. The summed E-state index contributed by atoms with van der Waals surface area (Å²) in [6.45, 7) is 5.39. The minimum atomic E-state index is -0.669. The van der Waals surface area contributed by atoms with Gasteiger partial charge in [0.25, 0.3) is 0 Å². The molecule has 0 radical (unpaired) electrons. The van der Waals surface area contributed by atoms with E-state index in [1.54, 1.807) is 19.9 Å². The van der Waals surface area contributed by atoms with Crippen molar-refractivity contribution in [2.75, 3.05) is 7.11 Å². The molecular formula is C12H15FO2S. The molecule has 1 rings (SSSR count). The second-order valence-corrected chi connectivity index (χ2v) is 5.68. The van der Waals surface area contributed by atoms with Gasteiger partial charge >= 0.3 is 5.97 Å². The maximum atomic E-state index is 12.9. The van der Waals surface area contributed by atoms with Gasteiger partial charge < -0.3 is 4.74 Å². The highest BCUT2D eigenvalue weighted by Crippen LogP contribution is 2.35. The van der Waals surface area contributed by atoms with Crippen LogP contribution in [0.4, 0.5) is 4.39 Å². The summed E-state index contributed by atoms with van der Waals surface area (Å²) < 4.78 is 17.0. The van der Waals surface area contributed by atoms with Gasteiger partial charge in [-0.15, -0.1) is 11.8 Å². The highest BCUT2D eigenvalue weighted by atomic mass is 32.2. The molecule has 88 valence electrons. The first kappa shape index (κ1) is 13.0. The van der Waals surface area contributed by atoms with Crippen LogP contribution in [0.1, 0.15) is 19.4 Å². The molecule has 0 atom stereocenters. The third-order valence-corrected chi connectivity index (χ3v) is 3.53. The second-order valence-electron chi connectivity index (χ2n) is 4.01. The minimum absolute atomic E-state index is 0.266. The van der Waals surface area contributed by atoms with Gasteiger partial charge in [0.05, 0.1) is 7.11 Å². The topological polar surface area (TPSA) is 26.3 Å². The molecule has 0 N–H and O–H groups in total. The molecule has 0 bridgehead atoms. The summed E-state index contributed by atoms with van der Waals surface area (Å²) in [5, 5.41) is 0. The van der Waals surface area contributed by atoms with E-state index >= 15 is 0 Å². The van der Waals surface area contributed by atoms with Crippen molar-refractivity contribution in [1.82, 2.24) is 0 Å². The van der Waals surface area contributed by atoms with Crippen molar-refractivity contribution in [3.05, 3.63) is 29.6 Å². The fourth-order valence-corrected chi connectivity index (χ4v) is 2.36. The lowest BCUT2D eigenvalue weighted by atomic mass is 10.2. The fraction of sp³-hybridized carbons (Fsp3) is 0.417. The van der Waals surface area contributed by atoms with Gasteiger partial charge in [0.2, 0.25) is 0 Å². The molecule has 1 aromatic carbocycles. The standard InChI is InChI=1S/C12H15FO2S/c1-8-7-9(13)5-6-10(8)16-12(2,3)11(14)15-4/h5-7H,1-4H3. The molecular weight excluding hydrogens is 227 g/mol. The second kappa shape index (κ2) is 4.87. The van der Waals surface area contributed by atoms with Crippen molar-refractivity contribution in [2.24, 2.45) is 0 Å². The summed E-state index contributed by atoms with van der Waals surface area (Å²) in [6, 6.07) is 4.53. The van der Waals surface area contributed by atoms with Crippen LogP contribution >= 0.6 is 11.8 Å². The zero-order chi connectivity index (χ0) is 12.3. The largest absolute Gasteiger partial charge is 0.468 e. The zero-order valence-electron chi connectivity index (χ0n) is 9.83. The van der Waals surface area contributed by atoms with Crippen molar-refractivity contribution in [3.8, 4) is 0 Å². The number of carbonyl (C=O) groups excluding carboxylic acids is 1. The summed E-state index contributed by atoms with van der Waals surface area (Å²) in [4.78, 5) is 12.4. The number of ether oxygens (including phenoxy) is 1. The van der Waals surface area contributed by atoms with Gasteiger partial charge in [-0.3, -0.25) is 4.79 Å². The number of rotatable bonds is 3. The van der Waals surface area contributed by atoms with Crippen LogP contribution in [-0.2, 0) is 9.53 Å². The number of esters is 1. The van der Waals surface area contributed by atoms with E-state index in [1.165, 1.54) is 31.0 Å². The van der Waals surface area contributed by atoms with Crippen LogP contribution in [0.2, 0.25) is 0 Å². The van der Waals surface area contributed by atoms with Gasteiger partial charge in [-0.25, -0.2) is 4.39 Å². The highest BCUT2D eigenvalue weighted by molar-refractivity contribution is 8.01. The van der Waals surface area contributed by atoms with Crippen LogP contribution in [0.15, 0.2) is 23.1 Å². The molecule has 1 aromatic rings. The number of benzene rings is 1. The Bertz CT molecular complexity index is 402. The van der Waals surface area contributed by atoms with Crippen molar-refractivity contribution in [3.63, 3.8) is 0 Å². The van der Waals surface area contributed by atoms with E-state index < -0.39 is 4.75 Å². The lowest BCUT2D eigenvalue weighted by molar-refractivity contribution is -0.142. The van der Waals surface area contributed by atoms with E-state index in [2.05, 4.69) is 0 Å². The van der Waals surface area contributed by atoms with E-state index in [0.717, 1.165) is 10.5 Å². The molecule has 0 saturated carbocycles. The third kappa shape index (κ3) is 2.98. The molecule has 0 aliphatic heterocycles. The molecule has 0 heterocycles. The molecule has 16 heavy (non-hydrogen) atoms. The fourth-order valence-electron chi connectivity index (χ4n) is 1.29. The number of aryl methyl sites for hydroxylation is 1. The first-order chi connectivity index (χ1) is 7.36. The average molecular weight is 242 g/mol. The third-order valence-electron chi connectivity index (χ3n) is 2.18. The SMILES string of the molecule is COC(=O)C(C)(C)Sc1ccc(F)cc1C. The van der Waals surface area contributed by atoms with Crippen molar-refractivity contribution in [2.45, 2.75) is 30.4 Å². The Balaban J connectivity index is 2.92. The van der Waals surface area contributed by atoms with Crippen molar-refractivity contribution in [1.29, 1.82) is 0 Å². The van der Waals surface area contributed by atoms with E-state index in [4.69, 9.17) is 4.74 Å². The van der Waals surface area contributed by atoms with E-state index in [1.807, 2.05) is 6.92 Å². The molecule has 0 fully saturated rings. The maximum Gasteiger partial charge on any atom is 0.321 e. The Labute approximate surface area is 99.2 Å². The first-order valence-electron chi connectivity index (χ1n) is 4.90. The predicted octanol–water partition coefficient (Wildman–Crippen LogP) is 3.18. The minimum Gasteiger partial charge on any atom is -0.468 e. The quantitative estimate of drug-likeness (QED) is 0.601. The highest BCUT2D eigenvalue weighted by Gasteiger charge is 2.30. The molecule has 0 amide bonds. The number of methoxy groups -OCH3 is 1. The summed E-state index contributed by atoms with van der Waals surface area (Å²) in [5.41, 5.74) is 0.821. The number of halogens is 1. The van der Waals surface area contributed by atoms with Gasteiger partial charge in [0.15, 0.2) is 0 Å². The van der Waals surface area contributed by atoms with Gasteiger partial charge in [-0.1, -0.05) is 0 Å². The van der Waals surface area contributed by atoms with E-state index in [-0.39, 0.29) is 11.8 Å². The smallest absolute Gasteiger partial charge is 0.321 e. The average Bonchev–Trinajstić information content (AvgIpc) is 2.21. The molecule has 4 heteroatoms. The Morgan fingerprint density at radius 2 is 2.06 bits per heavy atom. The number of carbonyl (C=O) groups is 1. The van der Waals surface area contributed by atoms with Crippen molar-refractivity contribution < 1.29 is 13.9 Å². The number of hydrogen-bond donors (Lipinski definition) is 0.